The first-order chi connectivity index (χ1) is 62.1. The van der Waals surface area contributed by atoms with Gasteiger partial charge in [0.1, 0.15) is 11.5 Å². The van der Waals surface area contributed by atoms with Crippen LogP contribution >= 0.6 is 0 Å². The average molecular weight is 1630 g/mol. The molecule has 6 aliphatic heterocycles. The minimum Gasteiger partial charge on any atom is -0.458 e. The Balaban J connectivity index is 0.874. The van der Waals surface area contributed by atoms with Crippen molar-refractivity contribution in [2.75, 3.05) is 39.6 Å². The zero-order chi connectivity index (χ0) is 85.9. The van der Waals surface area contributed by atoms with E-state index in [2.05, 4.69) is 440 Å². The number of nitriles is 1. The molecule has 0 aromatic heterocycles. The molecule has 6 heterocycles. The van der Waals surface area contributed by atoms with E-state index in [9.17, 15) is 5.26 Å². The van der Waals surface area contributed by atoms with Gasteiger partial charge in [-0.2, -0.15) is 5.26 Å². The first-order valence-electron chi connectivity index (χ1n) is 43.7. The van der Waals surface area contributed by atoms with Crippen LogP contribution in [-0.2, 0) is 0 Å². The van der Waals surface area contributed by atoms with E-state index >= 15 is 0 Å². The van der Waals surface area contributed by atoms with Gasteiger partial charge in [0.15, 0.2) is 5.69 Å². The Labute approximate surface area is 743 Å². The van der Waals surface area contributed by atoms with Crippen molar-refractivity contribution in [2.45, 2.75) is 62.3 Å². The minimum atomic E-state index is -0.479. The summed E-state index contributed by atoms with van der Waals surface area (Å²) < 4.78 is 7.56. The van der Waals surface area contributed by atoms with Crippen LogP contribution < -0.4 is 93.5 Å². The van der Waals surface area contributed by atoms with Gasteiger partial charge in [-0.05, 0) is 291 Å². The van der Waals surface area contributed by atoms with Gasteiger partial charge in [-0.25, -0.2) is 4.85 Å². The number of anilines is 23. The van der Waals surface area contributed by atoms with Gasteiger partial charge in [-0.3, -0.25) is 0 Å². The van der Waals surface area contributed by atoms with E-state index in [4.69, 9.17) is 11.3 Å². The minimum absolute atomic E-state index is 0.396. The standard InChI is InChI=1S/C113H85B3N10O/c1-69-50-72(4)111(73(5)51-69)124-99-66-96-90(114-91-57-79(118-10)47-48-98(91)123(86-44-30-17-31-45-86)102-59-87(58-97(119-96)108(102)114)120(80-32-18-11-19-33-80)81-34-20-12-21-35-81)64-92(99)115-93-65-94-101(67-100(93)125(112-74(6)52-70(2)53-75(112)7)104-61-88(60-103(124)109(104)115)121(82-36-22-13-23-37-82)83-38-24-14-25-39-83)126(113-76(8)54-71(3)55-77(113)9)105-62-89(122(84-40-26-15-27-41-84)85-42-28-16-29-43-85)63-107-110(105)116(94)95-56-78(68-117)46-49-106(95)127-107/h11-67,119H,1-9H3. The zero-order valence-electron chi connectivity index (χ0n) is 72.1. The summed E-state index contributed by atoms with van der Waals surface area (Å²) in [4.78, 5) is 21.7. The third-order valence-corrected chi connectivity index (χ3v) is 26.6. The molecule has 0 radical (unpaired) electrons. The highest BCUT2D eigenvalue weighted by Gasteiger charge is 2.52. The van der Waals surface area contributed by atoms with Gasteiger partial charge >= 0.3 is 0 Å². The Hall–Kier alpha value is -15.9. The number of nitrogens with zero attached hydrogens (tertiary/aromatic N) is 9. The van der Waals surface area contributed by atoms with Gasteiger partial charge in [0.25, 0.3) is 13.4 Å². The number of aryl methyl sites for hydroxylation is 9. The van der Waals surface area contributed by atoms with E-state index in [-0.39, 0.29) is 0 Å². The second kappa shape index (κ2) is 29.7. The Morgan fingerprint density at radius 1 is 0.291 bits per heavy atom. The van der Waals surface area contributed by atoms with Crippen LogP contribution in [0.2, 0.25) is 0 Å². The number of para-hydroxylation sites is 7. The zero-order valence-corrected chi connectivity index (χ0v) is 72.1. The van der Waals surface area contributed by atoms with E-state index in [0.29, 0.717) is 17.0 Å². The SMILES string of the molecule is [C-]#[N+]c1ccc2c(c1)B1c3cc4c(cc3Nc3cc(N(c5ccccc5)c5ccccc5)cc(c31)N2c1ccccc1)N(c1c(C)cc(C)cc1C)c1cc(N(c2ccccc2)c2ccccc2)cc2c1B4c1cc3c(cc1N2c1c(C)cc(C)cc1C)N(c1c(C)cc(C)cc1C)c1cc(N(c2ccccc2)c2ccccc2)cc2c1B3c1cc(C#N)ccc1O2. The van der Waals surface area contributed by atoms with Crippen LogP contribution in [0.15, 0.2) is 346 Å². The maximum Gasteiger partial charge on any atom is 0.256 e. The molecule has 0 saturated heterocycles. The average Bonchev–Trinajstić information content (AvgIpc) is 0.674. The van der Waals surface area contributed by atoms with Gasteiger partial charge in [-0.15, -0.1) is 0 Å². The number of benzene rings is 17. The van der Waals surface area contributed by atoms with Gasteiger partial charge in [-0.1, -0.05) is 210 Å². The van der Waals surface area contributed by atoms with Gasteiger partial charge in [0, 0.05) is 103 Å². The van der Waals surface area contributed by atoms with Crippen LogP contribution in [0.3, 0.4) is 0 Å². The lowest BCUT2D eigenvalue weighted by Crippen LogP contribution is -2.66. The highest BCUT2D eigenvalue weighted by Crippen LogP contribution is 2.56. The third-order valence-electron chi connectivity index (χ3n) is 26.6. The number of nitrogens with one attached hydrogen (secondary N) is 1. The Bertz CT molecular complexity index is 7340. The van der Waals surface area contributed by atoms with E-state index in [1.54, 1.807) is 0 Å². The van der Waals surface area contributed by atoms with E-state index < -0.39 is 20.1 Å². The number of rotatable bonds is 13. The van der Waals surface area contributed by atoms with Crippen LogP contribution in [0.4, 0.5) is 136 Å². The highest BCUT2D eigenvalue weighted by atomic mass is 16.5. The molecular formula is C113H85B3N10O. The van der Waals surface area contributed by atoms with E-state index in [1.807, 2.05) is 18.2 Å². The highest BCUT2D eigenvalue weighted by molar-refractivity contribution is 7.04. The summed E-state index contributed by atoms with van der Waals surface area (Å²) in [7, 11) is 0. The van der Waals surface area contributed by atoms with Crippen molar-refractivity contribution >= 4 is 206 Å². The first kappa shape index (κ1) is 76.0. The Kier molecular flexibility index (Phi) is 17.8. The van der Waals surface area contributed by atoms with Gasteiger partial charge < -0.3 is 44.4 Å². The Morgan fingerprint density at radius 2 is 0.654 bits per heavy atom. The number of ether oxygens (including phenoxy) is 1. The van der Waals surface area contributed by atoms with Crippen LogP contribution in [0.1, 0.15) is 55.6 Å². The number of hydrogen-bond acceptors (Lipinski definition) is 10. The summed E-state index contributed by atoms with van der Waals surface area (Å²) in [6.07, 6.45) is 0. The quantitative estimate of drug-likeness (QED) is 0.0891. The molecule has 127 heavy (non-hydrogen) atoms. The summed E-state index contributed by atoms with van der Waals surface area (Å²) >= 11 is 0. The molecule has 0 saturated carbocycles. The second-order valence-electron chi connectivity index (χ2n) is 34.9. The van der Waals surface area contributed by atoms with Gasteiger partial charge in [0.05, 0.1) is 52.3 Å². The van der Waals surface area contributed by atoms with Crippen LogP contribution in [0, 0.1) is 80.2 Å². The maximum absolute atomic E-state index is 11.2. The Morgan fingerprint density at radius 3 is 1.08 bits per heavy atom. The van der Waals surface area contributed by atoms with Crippen molar-refractivity contribution in [3.05, 3.63) is 413 Å². The topological polar surface area (TPSA) is 72.1 Å². The summed E-state index contributed by atoms with van der Waals surface area (Å²) in [5.74, 6) is 1.43. The van der Waals surface area contributed by atoms with Crippen LogP contribution in [0.25, 0.3) is 4.85 Å². The van der Waals surface area contributed by atoms with Gasteiger partial charge in [0.2, 0.25) is 6.71 Å². The van der Waals surface area contributed by atoms with Crippen molar-refractivity contribution < 1.29 is 4.74 Å². The first-order valence-corrected chi connectivity index (χ1v) is 43.7. The maximum atomic E-state index is 11.2. The lowest BCUT2D eigenvalue weighted by Gasteiger charge is -2.48. The van der Waals surface area contributed by atoms with Crippen molar-refractivity contribution in [2.24, 2.45) is 0 Å². The molecule has 0 amide bonds. The predicted octanol–water partition coefficient (Wildman–Crippen LogP) is 24.1. The van der Waals surface area contributed by atoms with Crippen molar-refractivity contribution in [1.29, 1.82) is 5.26 Å². The fourth-order valence-electron chi connectivity index (χ4n) is 22.0. The van der Waals surface area contributed by atoms with Crippen molar-refractivity contribution in [3.8, 4) is 17.6 Å². The van der Waals surface area contributed by atoms with E-state index in [0.717, 1.165) is 219 Å². The molecule has 6 aliphatic rings. The molecule has 1 N–H and O–H groups in total. The summed E-state index contributed by atoms with van der Waals surface area (Å²) in [6.45, 7) is 27.9. The molecule has 0 fully saturated rings. The molecule has 0 bridgehead atoms. The molecule has 23 rings (SSSR count). The van der Waals surface area contributed by atoms with Crippen molar-refractivity contribution in [1.82, 2.24) is 0 Å². The lowest BCUT2D eigenvalue weighted by molar-refractivity contribution is 0.487. The molecule has 14 heteroatoms. The second-order valence-corrected chi connectivity index (χ2v) is 34.9. The molecule has 17 aromatic rings. The smallest absolute Gasteiger partial charge is 0.256 e. The van der Waals surface area contributed by atoms with Crippen LogP contribution in [-0.4, -0.2) is 20.1 Å². The number of fused-ring (bicyclic) bond motifs is 12. The molecular weight excluding hydrogens is 1550 g/mol. The largest absolute Gasteiger partial charge is 0.458 e. The molecule has 602 valence electrons. The number of hydrogen-bond donors (Lipinski definition) is 1. The molecule has 17 aromatic carbocycles. The van der Waals surface area contributed by atoms with E-state index in [1.165, 1.54) is 16.7 Å². The molecule has 0 aliphatic carbocycles. The fraction of sp³-hybridized carbons (Fsp3) is 0.0796. The predicted molar refractivity (Wildman–Crippen MR) is 533 cm³/mol. The lowest BCUT2D eigenvalue weighted by atomic mass is 9.29. The van der Waals surface area contributed by atoms with Crippen molar-refractivity contribution in [3.63, 3.8) is 0 Å². The summed E-state index contributed by atoms with van der Waals surface area (Å²) in [5.41, 5.74) is 44.4. The summed E-state index contributed by atoms with van der Waals surface area (Å²) in [5, 5.41) is 15.6. The molecule has 0 spiro atoms. The normalized spacial score (nSPS) is 12.9. The molecule has 0 unspecified atom stereocenters. The monoisotopic (exact) mass is 1630 g/mol. The summed E-state index contributed by atoms with van der Waals surface area (Å²) in [6, 6.07) is 129. The third kappa shape index (κ3) is 12.1. The van der Waals surface area contributed by atoms with Crippen LogP contribution in [0.5, 0.6) is 11.5 Å². The molecule has 0 atom stereocenters. The fourth-order valence-corrected chi connectivity index (χ4v) is 22.0. The molecule has 11 nitrogen and oxygen atoms in total.